The molecule has 3 aromatic rings. The Bertz CT molecular complexity index is 914. The molecule has 0 unspecified atom stereocenters. The number of fused-ring (bicyclic) bond motifs is 1. The molecule has 0 aliphatic carbocycles. The molecule has 3 N–H and O–H groups in total. The number of hydrogen-bond acceptors (Lipinski definition) is 6. The number of carboxylic acid groups (broad SMARTS) is 1. The van der Waals surface area contributed by atoms with Gasteiger partial charge in [-0.15, -0.1) is 9.32 Å². The topological polar surface area (TPSA) is 88.0 Å². The molecule has 3 aromatic carbocycles. The predicted octanol–water partition coefficient (Wildman–Crippen LogP) is 4.53. The van der Waals surface area contributed by atoms with Crippen LogP contribution in [0.2, 0.25) is 0 Å². The number of carboxylic acids is 1. The van der Waals surface area contributed by atoms with E-state index in [0.717, 1.165) is 17.7 Å². The molecule has 6 nitrogen and oxygen atoms in total. The molecular formula is C18H15NO5S. The van der Waals surface area contributed by atoms with E-state index in [9.17, 15) is 15.0 Å². The number of aromatic carboxylic acids is 1. The molecule has 0 bridgehead atoms. The molecule has 0 amide bonds. The summed E-state index contributed by atoms with van der Waals surface area (Å²) in [5.41, 5.74) is 3.72. The molecule has 0 aliphatic rings. The lowest BCUT2D eigenvalue weighted by Crippen LogP contribution is -2.00. The lowest BCUT2D eigenvalue weighted by Gasteiger charge is -2.12. The molecule has 7 heteroatoms. The second-order valence-electron chi connectivity index (χ2n) is 5.26. The molecular weight excluding hydrogens is 342 g/mol. The van der Waals surface area contributed by atoms with E-state index in [1.165, 1.54) is 6.07 Å². The summed E-state index contributed by atoms with van der Waals surface area (Å²) in [5, 5.41) is 20.7. The van der Waals surface area contributed by atoms with Gasteiger partial charge in [0, 0.05) is 15.8 Å². The van der Waals surface area contributed by atoms with Crippen molar-refractivity contribution in [2.45, 2.75) is 11.8 Å². The van der Waals surface area contributed by atoms with Gasteiger partial charge in [0.05, 0.1) is 17.7 Å². The summed E-state index contributed by atoms with van der Waals surface area (Å²) >= 11 is 0.963. The largest absolute Gasteiger partial charge is 0.507 e. The number of nitrogens with one attached hydrogen (secondary N) is 1. The third-order valence-corrected chi connectivity index (χ3v) is 4.32. The first kappa shape index (κ1) is 17.1. The van der Waals surface area contributed by atoms with Gasteiger partial charge in [0.1, 0.15) is 11.3 Å². The van der Waals surface area contributed by atoms with Crippen molar-refractivity contribution < 1.29 is 24.3 Å². The van der Waals surface area contributed by atoms with Crippen LogP contribution in [-0.4, -0.2) is 16.2 Å². The summed E-state index contributed by atoms with van der Waals surface area (Å²) in [6.45, 7) is 1.66. The van der Waals surface area contributed by atoms with E-state index in [-0.39, 0.29) is 11.3 Å². The van der Waals surface area contributed by atoms with E-state index < -0.39 is 5.97 Å². The van der Waals surface area contributed by atoms with Crippen LogP contribution >= 0.6 is 12.0 Å². The maximum Gasteiger partial charge on any atom is 0.339 e. The number of anilines is 1. The van der Waals surface area contributed by atoms with Gasteiger partial charge in [0.2, 0.25) is 0 Å². The predicted molar refractivity (Wildman–Crippen MR) is 95.4 cm³/mol. The van der Waals surface area contributed by atoms with Crippen molar-refractivity contribution in [1.82, 2.24) is 0 Å². The van der Waals surface area contributed by atoms with E-state index in [1.807, 2.05) is 30.3 Å². The number of aromatic hydroxyl groups is 1. The van der Waals surface area contributed by atoms with Gasteiger partial charge in [-0.2, -0.15) is 0 Å². The van der Waals surface area contributed by atoms with Gasteiger partial charge in [0.15, 0.2) is 0 Å². The highest BCUT2D eigenvalue weighted by molar-refractivity contribution is 7.94. The third-order valence-electron chi connectivity index (χ3n) is 3.67. The van der Waals surface area contributed by atoms with Gasteiger partial charge in [-0.05, 0) is 36.6 Å². The molecule has 0 fully saturated rings. The molecule has 0 spiro atoms. The van der Waals surface area contributed by atoms with Crippen molar-refractivity contribution in [2.24, 2.45) is 0 Å². The Labute approximate surface area is 148 Å². The Morgan fingerprint density at radius 3 is 2.60 bits per heavy atom. The Kier molecular flexibility index (Phi) is 5.08. The van der Waals surface area contributed by atoms with E-state index in [2.05, 4.69) is 5.48 Å². The Morgan fingerprint density at radius 1 is 1.12 bits per heavy atom. The summed E-state index contributed by atoms with van der Waals surface area (Å²) in [7, 11) is 0. The highest BCUT2D eigenvalue weighted by Gasteiger charge is 2.17. The standard InChI is InChI=1S/C18H15NO5S/c1-11-16-12(10-14(17(11)20)18(21)22)6-5-9-15(16)25-24-23-19-13-7-3-2-4-8-13/h2-10,19-20H,1H3,(H,21,22). The zero-order chi connectivity index (χ0) is 17.8. The Morgan fingerprint density at radius 2 is 1.88 bits per heavy atom. The number of carbonyl (C=O) groups is 1. The SMILES string of the molecule is Cc1c(O)c(C(=O)O)cc2cccc(SOONc3ccccc3)c12. The van der Waals surface area contributed by atoms with Crippen LogP contribution in [0.15, 0.2) is 59.5 Å². The van der Waals surface area contributed by atoms with Crippen molar-refractivity contribution in [1.29, 1.82) is 0 Å². The van der Waals surface area contributed by atoms with Crippen LogP contribution in [-0.2, 0) is 9.32 Å². The maximum absolute atomic E-state index is 11.2. The molecule has 0 aromatic heterocycles. The van der Waals surface area contributed by atoms with Crippen molar-refractivity contribution in [3.8, 4) is 5.75 Å². The maximum atomic E-state index is 11.2. The lowest BCUT2D eigenvalue weighted by atomic mass is 10.0. The van der Waals surface area contributed by atoms with Crippen LogP contribution in [0.5, 0.6) is 5.75 Å². The lowest BCUT2D eigenvalue weighted by molar-refractivity contribution is -0.161. The van der Waals surface area contributed by atoms with E-state index in [4.69, 9.17) is 9.32 Å². The first-order valence-corrected chi connectivity index (χ1v) is 8.12. The third kappa shape index (κ3) is 3.69. The number of aryl methyl sites for hydroxylation is 1. The van der Waals surface area contributed by atoms with Crippen LogP contribution in [0.3, 0.4) is 0 Å². The quantitative estimate of drug-likeness (QED) is 0.258. The van der Waals surface area contributed by atoms with Gasteiger partial charge in [-0.1, -0.05) is 30.3 Å². The zero-order valence-corrected chi connectivity index (χ0v) is 14.0. The van der Waals surface area contributed by atoms with Gasteiger partial charge in [-0.25, -0.2) is 10.3 Å². The van der Waals surface area contributed by atoms with Crippen LogP contribution in [0.4, 0.5) is 5.69 Å². The Hall–Kier alpha value is -2.74. The summed E-state index contributed by atoms with van der Waals surface area (Å²) < 4.78 is 5.11. The number of phenols is 1. The minimum absolute atomic E-state index is 0.130. The van der Waals surface area contributed by atoms with Crippen molar-refractivity contribution >= 4 is 34.5 Å². The van der Waals surface area contributed by atoms with Gasteiger partial charge in [-0.3, -0.25) is 0 Å². The van der Waals surface area contributed by atoms with Crippen molar-refractivity contribution in [2.75, 3.05) is 5.48 Å². The summed E-state index contributed by atoms with van der Waals surface area (Å²) in [5.74, 6) is -1.43. The van der Waals surface area contributed by atoms with E-state index >= 15 is 0 Å². The van der Waals surface area contributed by atoms with Crippen molar-refractivity contribution in [3.63, 3.8) is 0 Å². The second-order valence-corrected chi connectivity index (χ2v) is 6.00. The second kappa shape index (κ2) is 7.43. The molecule has 25 heavy (non-hydrogen) atoms. The van der Waals surface area contributed by atoms with Crippen molar-refractivity contribution in [3.05, 3.63) is 65.7 Å². The molecule has 0 saturated heterocycles. The van der Waals surface area contributed by atoms with E-state index in [1.54, 1.807) is 25.1 Å². The average molecular weight is 357 g/mol. The highest BCUT2D eigenvalue weighted by Crippen LogP contribution is 2.37. The first-order valence-electron chi connectivity index (χ1n) is 7.37. The van der Waals surface area contributed by atoms with Gasteiger partial charge >= 0.3 is 5.97 Å². The van der Waals surface area contributed by atoms with Gasteiger partial charge < -0.3 is 10.2 Å². The Balaban J connectivity index is 1.80. The fourth-order valence-electron chi connectivity index (χ4n) is 2.47. The molecule has 0 saturated carbocycles. The fourth-order valence-corrected chi connectivity index (χ4v) is 3.10. The van der Waals surface area contributed by atoms with Crippen LogP contribution in [0.25, 0.3) is 10.8 Å². The minimum Gasteiger partial charge on any atom is -0.507 e. The smallest absolute Gasteiger partial charge is 0.339 e. The number of hydrogen-bond donors (Lipinski definition) is 3. The van der Waals surface area contributed by atoms with Gasteiger partial charge in [0.25, 0.3) is 0 Å². The monoisotopic (exact) mass is 357 g/mol. The molecule has 0 aliphatic heterocycles. The normalized spacial score (nSPS) is 10.8. The van der Waals surface area contributed by atoms with Crippen LogP contribution in [0, 0.1) is 6.92 Å². The minimum atomic E-state index is -1.17. The van der Waals surface area contributed by atoms with Crippen LogP contribution in [0.1, 0.15) is 15.9 Å². The summed E-state index contributed by atoms with van der Waals surface area (Å²) in [6.07, 6.45) is 0. The molecule has 0 radical (unpaired) electrons. The number of para-hydroxylation sites is 1. The molecule has 128 valence electrons. The zero-order valence-electron chi connectivity index (χ0n) is 13.2. The summed E-state index contributed by atoms with van der Waals surface area (Å²) in [6, 6.07) is 16.0. The first-order chi connectivity index (χ1) is 12.1. The summed E-state index contributed by atoms with van der Waals surface area (Å²) in [4.78, 5) is 16.9. The fraction of sp³-hybridized carbons (Fsp3) is 0.0556. The highest BCUT2D eigenvalue weighted by atomic mass is 32.2. The number of benzene rings is 3. The average Bonchev–Trinajstić information content (AvgIpc) is 2.62. The molecule has 0 atom stereocenters. The molecule has 0 heterocycles. The van der Waals surface area contributed by atoms with E-state index in [0.29, 0.717) is 21.2 Å². The molecule has 3 rings (SSSR count). The van der Waals surface area contributed by atoms with Crippen LogP contribution < -0.4 is 5.48 Å². The number of rotatable bonds is 6.